The zero-order valence-electron chi connectivity index (χ0n) is 17.1. The van der Waals surface area contributed by atoms with Crippen LogP contribution in [0.15, 0.2) is 12.3 Å². The number of aliphatic hydroxyl groups excluding tert-OH is 1. The SMILES string of the molecule is Cc1cc(NC(=O)C(=O)N2C[C@@H](C)CC[C@@]2(C)C2CCC(O)CC2)cnc1N. The second kappa shape index (κ2) is 8.07. The Morgan fingerprint density at radius 1 is 1.29 bits per heavy atom. The fraction of sp³-hybridized carbons (Fsp3) is 0.667. The van der Waals surface area contributed by atoms with Crippen molar-refractivity contribution in [2.24, 2.45) is 11.8 Å². The smallest absolute Gasteiger partial charge is 0.313 e. The molecule has 2 amide bonds. The van der Waals surface area contributed by atoms with Gasteiger partial charge in [0.1, 0.15) is 5.82 Å². The maximum Gasteiger partial charge on any atom is 0.313 e. The number of rotatable bonds is 2. The molecular weight excluding hydrogens is 356 g/mol. The quantitative estimate of drug-likeness (QED) is 0.675. The van der Waals surface area contributed by atoms with E-state index in [1.165, 1.54) is 6.20 Å². The lowest BCUT2D eigenvalue weighted by atomic mass is 9.69. The Morgan fingerprint density at radius 3 is 2.61 bits per heavy atom. The summed E-state index contributed by atoms with van der Waals surface area (Å²) in [6.45, 7) is 6.62. The van der Waals surface area contributed by atoms with Crippen molar-refractivity contribution in [3.8, 4) is 0 Å². The second-order valence-electron chi connectivity index (χ2n) is 8.80. The van der Waals surface area contributed by atoms with E-state index < -0.39 is 11.8 Å². The summed E-state index contributed by atoms with van der Waals surface area (Å²) < 4.78 is 0. The molecule has 28 heavy (non-hydrogen) atoms. The van der Waals surface area contributed by atoms with Crippen LogP contribution < -0.4 is 11.1 Å². The summed E-state index contributed by atoms with van der Waals surface area (Å²) in [6, 6.07) is 1.72. The van der Waals surface area contributed by atoms with Crippen LogP contribution in [0, 0.1) is 18.8 Å². The van der Waals surface area contributed by atoms with Gasteiger partial charge in [-0.3, -0.25) is 9.59 Å². The number of nitrogens with two attached hydrogens (primary N) is 1. The Morgan fingerprint density at radius 2 is 1.96 bits per heavy atom. The zero-order valence-corrected chi connectivity index (χ0v) is 17.1. The first-order valence-corrected chi connectivity index (χ1v) is 10.2. The van der Waals surface area contributed by atoms with Crippen LogP contribution in [0.2, 0.25) is 0 Å². The molecule has 0 radical (unpaired) electrons. The fourth-order valence-corrected chi connectivity index (χ4v) is 4.68. The highest BCUT2D eigenvalue weighted by Crippen LogP contribution is 2.43. The monoisotopic (exact) mass is 388 g/mol. The van der Waals surface area contributed by atoms with Crippen LogP contribution in [-0.4, -0.2) is 45.0 Å². The van der Waals surface area contributed by atoms with Crippen LogP contribution in [0.3, 0.4) is 0 Å². The van der Waals surface area contributed by atoms with Crippen molar-refractivity contribution in [2.75, 3.05) is 17.6 Å². The lowest BCUT2D eigenvalue weighted by Crippen LogP contribution is -2.61. The minimum absolute atomic E-state index is 0.240. The Kier molecular flexibility index (Phi) is 5.93. The molecule has 0 aromatic carbocycles. The zero-order chi connectivity index (χ0) is 20.5. The topological polar surface area (TPSA) is 109 Å². The lowest BCUT2D eigenvalue weighted by Gasteiger charge is -2.52. The van der Waals surface area contributed by atoms with Gasteiger partial charge < -0.3 is 21.1 Å². The summed E-state index contributed by atoms with van der Waals surface area (Å²) in [6.07, 6.45) is 6.46. The van der Waals surface area contributed by atoms with Crippen LogP contribution >= 0.6 is 0 Å². The molecule has 0 unspecified atom stereocenters. The van der Waals surface area contributed by atoms with E-state index in [-0.39, 0.29) is 11.6 Å². The van der Waals surface area contributed by atoms with Crippen LogP contribution in [0.25, 0.3) is 0 Å². The molecule has 154 valence electrons. The van der Waals surface area contributed by atoms with Crippen molar-refractivity contribution in [1.82, 2.24) is 9.88 Å². The molecule has 4 N–H and O–H groups in total. The molecule has 0 spiro atoms. The van der Waals surface area contributed by atoms with Gasteiger partial charge in [0.05, 0.1) is 18.0 Å². The highest BCUT2D eigenvalue weighted by atomic mass is 16.3. The Hall–Kier alpha value is -2.15. The van der Waals surface area contributed by atoms with Crippen molar-refractivity contribution < 1.29 is 14.7 Å². The van der Waals surface area contributed by atoms with E-state index in [1.54, 1.807) is 17.9 Å². The first-order chi connectivity index (χ1) is 13.2. The number of nitrogens with zero attached hydrogens (tertiary/aromatic N) is 2. The molecule has 3 rings (SSSR count). The van der Waals surface area contributed by atoms with Crippen LogP contribution in [0.4, 0.5) is 11.5 Å². The van der Waals surface area contributed by atoms with Gasteiger partial charge in [0.15, 0.2) is 0 Å². The van der Waals surface area contributed by atoms with Crippen molar-refractivity contribution in [2.45, 2.75) is 70.9 Å². The van der Waals surface area contributed by atoms with Gasteiger partial charge in [0.2, 0.25) is 0 Å². The van der Waals surface area contributed by atoms with Gasteiger partial charge in [-0.25, -0.2) is 4.98 Å². The maximum absolute atomic E-state index is 13.1. The normalized spacial score (nSPS) is 30.7. The molecule has 2 atom stereocenters. The van der Waals surface area contributed by atoms with E-state index in [9.17, 15) is 14.7 Å². The molecular formula is C21H32N4O3. The molecule has 1 aromatic heterocycles. The van der Waals surface area contributed by atoms with Crippen molar-refractivity contribution in [1.29, 1.82) is 0 Å². The first kappa shape index (κ1) is 20.6. The second-order valence-corrected chi connectivity index (χ2v) is 8.80. The van der Waals surface area contributed by atoms with E-state index in [1.807, 2.05) is 0 Å². The largest absolute Gasteiger partial charge is 0.393 e. The summed E-state index contributed by atoms with van der Waals surface area (Å²) in [5, 5.41) is 12.5. The van der Waals surface area contributed by atoms with Gasteiger partial charge in [-0.1, -0.05) is 6.92 Å². The predicted octanol–water partition coefficient (Wildman–Crippen LogP) is 2.48. The van der Waals surface area contributed by atoms with Crippen molar-refractivity contribution >= 4 is 23.3 Å². The number of aromatic nitrogens is 1. The molecule has 1 aromatic rings. The number of aliphatic hydroxyl groups is 1. The fourth-order valence-electron chi connectivity index (χ4n) is 4.68. The lowest BCUT2D eigenvalue weighted by molar-refractivity contribution is -0.153. The summed E-state index contributed by atoms with van der Waals surface area (Å²) in [5.74, 6) is -0.0574. The van der Waals surface area contributed by atoms with E-state index >= 15 is 0 Å². The van der Waals surface area contributed by atoms with E-state index in [2.05, 4.69) is 24.1 Å². The van der Waals surface area contributed by atoms with E-state index in [0.717, 1.165) is 44.1 Å². The van der Waals surface area contributed by atoms with Gasteiger partial charge in [-0.15, -0.1) is 0 Å². The van der Waals surface area contributed by atoms with Crippen LogP contribution in [0.5, 0.6) is 0 Å². The van der Waals surface area contributed by atoms with E-state index in [4.69, 9.17) is 5.73 Å². The maximum atomic E-state index is 13.1. The molecule has 1 saturated heterocycles. The van der Waals surface area contributed by atoms with Gasteiger partial charge in [0.25, 0.3) is 0 Å². The van der Waals surface area contributed by atoms with Gasteiger partial charge >= 0.3 is 11.8 Å². The summed E-state index contributed by atoms with van der Waals surface area (Å²) in [7, 11) is 0. The van der Waals surface area contributed by atoms with Crippen LogP contribution in [-0.2, 0) is 9.59 Å². The third-order valence-corrected chi connectivity index (χ3v) is 6.65. The molecule has 7 nitrogen and oxygen atoms in total. The van der Waals surface area contributed by atoms with Gasteiger partial charge in [-0.2, -0.15) is 0 Å². The molecule has 2 fully saturated rings. The third-order valence-electron chi connectivity index (χ3n) is 6.65. The first-order valence-electron chi connectivity index (χ1n) is 10.2. The highest BCUT2D eigenvalue weighted by Gasteiger charge is 2.47. The van der Waals surface area contributed by atoms with Crippen molar-refractivity contribution in [3.63, 3.8) is 0 Å². The molecule has 1 aliphatic carbocycles. The number of pyridine rings is 1. The molecule has 2 aliphatic rings. The molecule has 2 heterocycles. The number of anilines is 2. The van der Waals surface area contributed by atoms with Gasteiger partial charge in [0, 0.05) is 12.1 Å². The number of nitrogens with one attached hydrogen (secondary N) is 1. The number of hydrogen-bond donors (Lipinski definition) is 3. The summed E-state index contributed by atoms with van der Waals surface area (Å²) in [5.41, 5.74) is 6.59. The number of likely N-dealkylation sites (tertiary alicyclic amines) is 1. The standard InChI is InChI=1S/C21H32N4O3/c1-13-8-9-21(3,15-4-6-17(26)7-5-15)25(12-13)20(28)19(27)24-16-10-14(2)18(22)23-11-16/h10-11,13,15,17,26H,4-9,12H2,1-3H3,(H2,22,23)(H,24,27)/t13-,15?,17?,21-/m0/s1. The Balaban J connectivity index is 1.77. The van der Waals surface area contributed by atoms with E-state index in [0.29, 0.717) is 29.9 Å². The minimum Gasteiger partial charge on any atom is -0.393 e. The Labute approximate surface area is 166 Å². The summed E-state index contributed by atoms with van der Waals surface area (Å²) in [4.78, 5) is 31.7. The molecule has 0 bridgehead atoms. The van der Waals surface area contributed by atoms with Crippen LogP contribution in [0.1, 0.15) is 57.9 Å². The number of piperidine rings is 1. The average molecular weight is 389 g/mol. The van der Waals surface area contributed by atoms with Gasteiger partial charge in [-0.05, 0) is 75.8 Å². The number of hydrogen-bond acceptors (Lipinski definition) is 5. The number of amides is 2. The minimum atomic E-state index is -0.637. The molecule has 1 aliphatic heterocycles. The molecule has 7 heteroatoms. The number of aryl methyl sites for hydroxylation is 1. The predicted molar refractivity (Wildman–Crippen MR) is 108 cm³/mol. The number of carbonyl (C=O) groups excluding carboxylic acids is 2. The third kappa shape index (κ3) is 4.14. The number of carbonyl (C=O) groups is 2. The average Bonchev–Trinajstić information content (AvgIpc) is 2.66. The Bertz CT molecular complexity index is 745. The van der Waals surface area contributed by atoms with Crippen molar-refractivity contribution in [3.05, 3.63) is 17.8 Å². The summed E-state index contributed by atoms with van der Waals surface area (Å²) >= 11 is 0. The highest BCUT2D eigenvalue weighted by molar-refractivity contribution is 6.39. The molecule has 1 saturated carbocycles. The number of nitrogen functional groups attached to an aromatic ring is 1.